The topological polar surface area (TPSA) is 17.1 Å². The summed E-state index contributed by atoms with van der Waals surface area (Å²) >= 11 is 1.91. The SMILES string of the molecule is Cc1cccc(C)c1CC(=O)C1CCSC1. The number of thioether (sulfide) groups is 1. The van der Waals surface area contributed by atoms with Gasteiger partial charge in [0.25, 0.3) is 0 Å². The molecule has 0 N–H and O–H groups in total. The third-order valence-electron chi connectivity index (χ3n) is 3.38. The van der Waals surface area contributed by atoms with Gasteiger partial charge in [0.05, 0.1) is 0 Å². The van der Waals surface area contributed by atoms with E-state index in [1.165, 1.54) is 16.7 Å². The van der Waals surface area contributed by atoms with Crippen molar-refractivity contribution in [3.8, 4) is 0 Å². The Morgan fingerprint density at radius 1 is 1.38 bits per heavy atom. The molecule has 2 rings (SSSR count). The summed E-state index contributed by atoms with van der Waals surface area (Å²) < 4.78 is 0. The average Bonchev–Trinajstić information content (AvgIpc) is 2.76. The molecule has 0 amide bonds. The Labute approximate surface area is 102 Å². The minimum absolute atomic E-state index is 0.309. The molecule has 1 nitrogen and oxygen atoms in total. The van der Waals surface area contributed by atoms with Gasteiger partial charge in [-0.1, -0.05) is 18.2 Å². The Morgan fingerprint density at radius 2 is 2.06 bits per heavy atom. The van der Waals surface area contributed by atoms with Gasteiger partial charge in [-0.15, -0.1) is 0 Å². The Morgan fingerprint density at radius 3 is 2.62 bits per heavy atom. The molecule has 16 heavy (non-hydrogen) atoms. The molecule has 0 spiro atoms. The maximum atomic E-state index is 12.1. The number of hydrogen-bond acceptors (Lipinski definition) is 2. The van der Waals surface area contributed by atoms with E-state index in [1.807, 2.05) is 11.8 Å². The van der Waals surface area contributed by atoms with Crippen molar-refractivity contribution in [2.24, 2.45) is 5.92 Å². The number of Topliss-reactive ketones (excluding diaryl/α,β-unsaturated/α-hetero) is 1. The van der Waals surface area contributed by atoms with E-state index in [2.05, 4.69) is 32.0 Å². The lowest BCUT2D eigenvalue weighted by molar-refractivity contribution is -0.121. The molecule has 1 saturated heterocycles. The van der Waals surface area contributed by atoms with Crippen LogP contribution in [0.3, 0.4) is 0 Å². The second kappa shape index (κ2) is 5.05. The van der Waals surface area contributed by atoms with Crippen molar-refractivity contribution in [3.05, 3.63) is 34.9 Å². The molecule has 1 aromatic carbocycles. The average molecular weight is 234 g/mol. The van der Waals surface area contributed by atoms with Gasteiger partial charge in [0.2, 0.25) is 0 Å². The summed E-state index contributed by atoms with van der Waals surface area (Å²) in [5.41, 5.74) is 3.74. The fourth-order valence-corrected chi connectivity index (χ4v) is 3.49. The van der Waals surface area contributed by atoms with Crippen molar-refractivity contribution in [2.45, 2.75) is 26.7 Å². The Hall–Kier alpha value is -0.760. The molecular formula is C14H18OS. The summed E-state index contributed by atoms with van der Waals surface area (Å²) in [5.74, 6) is 2.93. The second-order valence-electron chi connectivity index (χ2n) is 4.57. The van der Waals surface area contributed by atoms with Crippen LogP contribution in [-0.4, -0.2) is 17.3 Å². The molecular weight excluding hydrogens is 216 g/mol. The van der Waals surface area contributed by atoms with Gasteiger partial charge < -0.3 is 0 Å². The van der Waals surface area contributed by atoms with Crippen LogP contribution in [0.25, 0.3) is 0 Å². The van der Waals surface area contributed by atoms with E-state index >= 15 is 0 Å². The lowest BCUT2D eigenvalue weighted by Crippen LogP contribution is -2.17. The Kier molecular flexibility index (Phi) is 3.70. The number of carbonyl (C=O) groups excluding carboxylic acids is 1. The summed E-state index contributed by atoms with van der Waals surface area (Å²) in [7, 11) is 0. The van der Waals surface area contributed by atoms with Gasteiger partial charge in [-0.25, -0.2) is 0 Å². The Bertz CT molecular complexity index is 371. The van der Waals surface area contributed by atoms with Gasteiger partial charge in [-0.2, -0.15) is 11.8 Å². The number of aryl methyl sites for hydroxylation is 2. The van der Waals surface area contributed by atoms with Crippen LogP contribution in [0.5, 0.6) is 0 Å². The summed E-state index contributed by atoms with van der Waals surface area (Å²) in [6.45, 7) is 4.19. The van der Waals surface area contributed by atoms with Crippen LogP contribution in [0.2, 0.25) is 0 Å². The van der Waals surface area contributed by atoms with Gasteiger partial charge in [-0.05, 0) is 42.7 Å². The zero-order valence-electron chi connectivity index (χ0n) is 9.95. The first-order chi connectivity index (χ1) is 7.68. The molecule has 86 valence electrons. The van der Waals surface area contributed by atoms with Crippen LogP contribution >= 0.6 is 11.8 Å². The van der Waals surface area contributed by atoms with E-state index in [-0.39, 0.29) is 0 Å². The fourth-order valence-electron chi connectivity index (χ4n) is 2.23. The molecule has 0 bridgehead atoms. The van der Waals surface area contributed by atoms with Crippen molar-refractivity contribution in [3.63, 3.8) is 0 Å². The summed E-state index contributed by atoms with van der Waals surface area (Å²) in [4.78, 5) is 12.1. The Balaban J connectivity index is 2.11. The van der Waals surface area contributed by atoms with E-state index in [0.717, 1.165) is 17.9 Å². The fraction of sp³-hybridized carbons (Fsp3) is 0.500. The first kappa shape index (κ1) is 11.7. The molecule has 1 unspecified atom stereocenters. The van der Waals surface area contributed by atoms with E-state index < -0.39 is 0 Å². The maximum absolute atomic E-state index is 12.1. The molecule has 0 aliphatic carbocycles. The second-order valence-corrected chi connectivity index (χ2v) is 5.72. The summed E-state index contributed by atoms with van der Waals surface area (Å²) in [6, 6.07) is 6.25. The molecule has 1 aliphatic rings. The molecule has 0 saturated carbocycles. The van der Waals surface area contributed by atoms with Gasteiger partial charge in [0.15, 0.2) is 0 Å². The number of hydrogen-bond donors (Lipinski definition) is 0. The maximum Gasteiger partial charge on any atom is 0.141 e. The first-order valence-corrected chi connectivity index (χ1v) is 6.99. The van der Waals surface area contributed by atoms with E-state index in [9.17, 15) is 4.79 Å². The number of carbonyl (C=O) groups is 1. The number of benzene rings is 1. The normalized spacial score (nSPS) is 20.0. The van der Waals surface area contributed by atoms with Gasteiger partial charge in [-0.3, -0.25) is 4.79 Å². The van der Waals surface area contributed by atoms with Crippen LogP contribution in [0, 0.1) is 19.8 Å². The molecule has 0 radical (unpaired) electrons. The monoisotopic (exact) mass is 234 g/mol. The van der Waals surface area contributed by atoms with Crippen LogP contribution in [0.4, 0.5) is 0 Å². The summed E-state index contributed by atoms with van der Waals surface area (Å²) in [5, 5.41) is 0. The van der Waals surface area contributed by atoms with Crippen LogP contribution in [-0.2, 0) is 11.2 Å². The number of ketones is 1. The zero-order valence-corrected chi connectivity index (χ0v) is 10.8. The van der Waals surface area contributed by atoms with Gasteiger partial charge in [0.1, 0.15) is 5.78 Å². The van der Waals surface area contributed by atoms with Crippen LogP contribution in [0.15, 0.2) is 18.2 Å². The highest BCUT2D eigenvalue weighted by Crippen LogP contribution is 2.26. The smallest absolute Gasteiger partial charge is 0.141 e. The minimum Gasteiger partial charge on any atom is -0.299 e. The van der Waals surface area contributed by atoms with E-state index in [1.54, 1.807) is 0 Å². The molecule has 0 aromatic heterocycles. The van der Waals surface area contributed by atoms with E-state index in [0.29, 0.717) is 18.1 Å². The van der Waals surface area contributed by atoms with E-state index in [4.69, 9.17) is 0 Å². The predicted octanol–water partition coefficient (Wildman–Crippen LogP) is 3.17. The minimum atomic E-state index is 0.309. The molecule has 2 heteroatoms. The highest BCUT2D eigenvalue weighted by atomic mass is 32.2. The third kappa shape index (κ3) is 2.49. The van der Waals surface area contributed by atoms with Gasteiger partial charge >= 0.3 is 0 Å². The summed E-state index contributed by atoms with van der Waals surface area (Å²) in [6.07, 6.45) is 1.71. The van der Waals surface area contributed by atoms with Crippen LogP contribution < -0.4 is 0 Å². The zero-order chi connectivity index (χ0) is 11.5. The highest BCUT2D eigenvalue weighted by molar-refractivity contribution is 7.99. The first-order valence-electron chi connectivity index (χ1n) is 5.84. The molecule has 1 aliphatic heterocycles. The van der Waals surface area contributed by atoms with Crippen molar-refractivity contribution in [1.29, 1.82) is 0 Å². The lowest BCUT2D eigenvalue weighted by atomic mass is 9.92. The van der Waals surface area contributed by atoms with Crippen molar-refractivity contribution < 1.29 is 4.79 Å². The number of rotatable bonds is 3. The van der Waals surface area contributed by atoms with Crippen molar-refractivity contribution in [1.82, 2.24) is 0 Å². The van der Waals surface area contributed by atoms with Crippen molar-refractivity contribution in [2.75, 3.05) is 11.5 Å². The molecule has 1 fully saturated rings. The van der Waals surface area contributed by atoms with Gasteiger partial charge in [0, 0.05) is 18.1 Å². The molecule has 1 heterocycles. The third-order valence-corrected chi connectivity index (χ3v) is 4.54. The predicted molar refractivity (Wildman–Crippen MR) is 70.1 cm³/mol. The van der Waals surface area contributed by atoms with Crippen molar-refractivity contribution >= 4 is 17.5 Å². The largest absolute Gasteiger partial charge is 0.299 e. The quantitative estimate of drug-likeness (QED) is 0.799. The standard InChI is InChI=1S/C14H18OS/c1-10-4-3-5-11(2)13(10)8-14(15)12-6-7-16-9-12/h3-5,12H,6-9H2,1-2H3. The van der Waals surface area contributed by atoms with Crippen LogP contribution in [0.1, 0.15) is 23.1 Å². The lowest BCUT2D eigenvalue weighted by Gasteiger charge is -2.11. The molecule has 1 atom stereocenters. The molecule has 1 aromatic rings. The highest BCUT2D eigenvalue weighted by Gasteiger charge is 2.23.